The molecule has 0 aliphatic heterocycles. The van der Waals surface area contributed by atoms with Gasteiger partial charge < -0.3 is 15.2 Å². The summed E-state index contributed by atoms with van der Waals surface area (Å²) in [5, 5.41) is 13.1. The van der Waals surface area contributed by atoms with Crippen LogP contribution in [-0.2, 0) is 0 Å². The van der Waals surface area contributed by atoms with Crippen LogP contribution in [0.2, 0.25) is 0 Å². The summed E-state index contributed by atoms with van der Waals surface area (Å²) < 4.78 is 5.70. The van der Waals surface area contributed by atoms with Crippen molar-refractivity contribution in [1.82, 2.24) is 10.3 Å². The van der Waals surface area contributed by atoms with Crippen molar-refractivity contribution in [1.29, 1.82) is 0 Å². The van der Waals surface area contributed by atoms with Crippen molar-refractivity contribution in [2.24, 2.45) is 11.8 Å². The molecule has 0 unspecified atom stereocenters. The maximum Gasteiger partial charge on any atom is 0.251 e. The second-order valence-electron chi connectivity index (χ2n) is 6.69. The molecule has 1 heterocycles. The van der Waals surface area contributed by atoms with Gasteiger partial charge in [-0.3, -0.25) is 9.78 Å². The van der Waals surface area contributed by atoms with Gasteiger partial charge in [0.25, 0.3) is 5.91 Å². The number of benzene rings is 1. The van der Waals surface area contributed by atoms with E-state index < -0.39 is 0 Å². The van der Waals surface area contributed by atoms with Gasteiger partial charge in [-0.05, 0) is 61.6 Å². The second kappa shape index (κ2) is 6.24. The van der Waals surface area contributed by atoms with E-state index in [4.69, 9.17) is 4.74 Å². The zero-order valence-corrected chi connectivity index (χ0v) is 13.3. The van der Waals surface area contributed by atoms with E-state index in [1.165, 1.54) is 0 Å². The average Bonchev–Trinajstić information content (AvgIpc) is 3.15. The number of aromatic nitrogens is 1. The average molecular weight is 324 g/mol. The molecule has 4 atom stereocenters. The van der Waals surface area contributed by atoms with Gasteiger partial charge in [-0.25, -0.2) is 0 Å². The quantitative estimate of drug-likeness (QED) is 0.907. The van der Waals surface area contributed by atoms with Crippen LogP contribution >= 0.6 is 0 Å². The van der Waals surface area contributed by atoms with Crippen LogP contribution in [0.4, 0.5) is 0 Å². The molecule has 2 saturated carbocycles. The Balaban J connectivity index is 1.39. The number of carbonyl (C=O) groups is 1. The van der Waals surface area contributed by atoms with Crippen molar-refractivity contribution in [3.8, 4) is 11.5 Å². The van der Waals surface area contributed by atoms with Crippen LogP contribution in [0.3, 0.4) is 0 Å². The number of nitrogens with zero attached hydrogens (tertiary/aromatic N) is 1. The number of nitrogens with one attached hydrogen (secondary N) is 1. The summed E-state index contributed by atoms with van der Waals surface area (Å²) in [7, 11) is 0. The van der Waals surface area contributed by atoms with Gasteiger partial charge in [-0.1, -0.05) is 0 Å². The molecule has 24 heavy (non-hydrogen) atoms. The molecule has 2 bridgehead atoms. The van der Waals surface area contributed by atoms with Gasteiger partial charge in [0.1, 0.15) is 11.5 Å². The van der Waals surface area contributed by atoms with Crippen LogP contribution in [0.5, 0.6) is 11.5 Å². The molecule has 1 aromatic carbocycles. The summed E-state index contributed by atoms with van der Waals surface area (Å²) in [4.78, 5) is 16.4. The highest BCUT2D eigenvalue weighted by atomic mass is 16.5. The molecule has 5 nitrogen and oxygen atoms in total. The maximum atomic E-state index is 12.4. The van der Waals surface area contributed by atoms with Gasteiger partial charge in [0.05, 0.1) is 6.10 Å². The molecule has 1 amide bonds. The molecular weight excluding hydrogens is 304 g/mol. The van der Waals surface area contributed by atoms with Crippen molar-refractivity contribution in [3.05, 3.63) is 54.4 Å². The molecule has 1 aromatic heterocycles. The standard InChI is InChI=1S/C19H20N2O3/c22-18-11-12-9-16(18)17(10-12)21-19(23)13-1-3-14(4-2-13)24-15-5-7-20-8-6-15/h1-8,12,16-18,22H,9-11H2,(H,21,23)/t12-,16+,17-,18+/m0/s1. The molecular formula is C19H20N2O3. The minimum atomic E-state index is -0.259. The molecule has 0 saturated heterocycles. The molecule has 0 radical (unpaired) electrons. The van der Waals surface area contributed by atoms with E-state index >= 15 is 0 Å². The van der Waals surface area contributed by atoms with Crippen LogP contribution in [0.15, 0.2) is 48.8 Å². The summed E-state index contributed by atoms with van der Waals surface area (Å²) in [6, 6.07) is 10.7. The first kappa shape index (κ1) is 15.1. The first-order chi connectivity index (χ1) is 11.7. The van der Waals surface area contributed by atoms with Crippen LogP contribution in [0, 0.1) is 11.8 Å². The van der Waals surface area contributed by atoms with Crippen molar-refractivity contribution in [2.75, 3.05) is 0 Å². The van der Waals surface area contributed by atoms with Gasteiger partial charge in [-0.15, -0.1) is 0 Å². The Kier molecular flexibility index (Phi) is 3.94. The third-order valence-electron chi connectivity index (χ3n) is 5.10. The minimum absolute atomic E-state index is 0.0878. The van der Waals surface area contributed by atoms with Gasteiger partial charge in [0, 0.05) is 29.9 Å². The summed E-state index contributed by atoms with van der Waals surface area (Å²) in [5.41, 5.74) is 0.606. The Hall–Kier alpha value is -2.40. The van der Waals surface area contributed by atoms with E-state index in [-0.39, 0.29) is 24.0 Å². The monoisotopic (exact) mass is 324 g/mol. The van der Waals surface area contributed by atoms with Gasteiger partial charge in [0.15, 0.2) is 0 Å². The van der Waals surface area contributed by atoms with Crippen molar-refractivity contribution in [3.63, 3.8) is 0 Å². The highest BCUT2D eigenvalue weighted by Crippen LogP contribution is 2.44. The fourth-order valence-corrected chi connectivity index (χ4v) is 3.95. The SMILES string of the molecule is O=C(N[C@H]1C[C@@H]2C[C@H]1[C@H](O)C2)c1ccc(Oc2ccncc2)cc1. The number of carbonyl (C=O) groups excluding carboxylic acids is 1. The Labute approximate surface area is 140 Å². The Morgan fingerprint density at radius 3 is 2.42 bits per heavy atom. The van der Waals surface area contributed by atoms with E-state index in [1.807, 2.05) is 0 Å². The predicted molar refractivity (Wildman–Crippen MR) is 88.8 cm³/mol. The number of aliphatic hydroxyl groups excluding tert-OH is 1. The summed E-state index contributed by atoms with van der Waals surface area (Å²) in [6.07, 6.45) is 5.98. The van der Waals surface area contributed by atoms with E-state index in [2.05, 4.69) is 10.3 Å². The number of aliphatic hydroxyl groups is 1. The Bertz CT molecular complexity index is 717. The lowest BCUT2D eigenvalue weighted by Gasteiger charge is -2.26. The number of rotatable bonds is 4. The van der Waals surface area contributed by atoms with Gasteiger partial charge in [0.2, 0.25) is 0 Å². The van der Waals surface area contributed by atoms with E-state index in [0.717, 1.165) is 19.3 Å². The first-order valence-electron chi connectivity index (χ1n) is 8.36. The molecule has 124 valence electrons. The topological polar surface area (TPSA) is 71.5 Å². The third-order valence-corrected chi connectivity index (χ3v) is 5.10. The smallest absolute Gasteiger partial charge is 0.251 e. The number of fused-ring (bicyclic) bond motifs is 2. The van der Waals surface area contributed by atoms with Crippen LogP contribution in [0.25, 0.3) is 0 Å². The Morgan fingerprint density at radius 2 is 1.75 bits per heavy atom. The molecule has 4 rings (SSSR count). The predicted octanol–water partition coefficient (Wildman–Crippen LogP) is 2.76. The van der Waals surface area contributed by atoms with Crippen LogP contribution < -0.4 is 10.1 Å². The normalized spacial score (nSPS) is 27.9. The fourth-order valence-electron chi connectivity index (χ4n) is 3.95. The minimum Gasteiger partial charge on any atom is -0.457 e. The number of hydrogen-bond acceptors (Lipinski definition) is 4. The maximum absolute atomic E-state index is 12.4. The number of pyridine rings is 1. The zero-order valence-electron chi connectivity index (χ0n) is 13.3. The highest BCUT2D eigenvalue weighted by molar-refractivity contribution is 5.94. The molecule has 2 fully saturated rings. The molecule has 2 N–H and O–H groups in total. The highest BCUT2D eigenvalue weighted by Gasteiger charge is 2.46. The van der Waals surface area contributed by atoms with Gasteiger partial charge in [-0.2, -0.15) is 0 Å². The summed E-state index contributed by atoms with van der Waals surface area (Å²) in [6.45, 7) is 0. The number of hydrogen-bond donors (Lipinski definition) is 2. The largest absolute Gasteiger partial charge is 0.457 e. The van der Waals surface area contributed by atoms with Crippen molar-refractivity contribution in [2.45, 2.75) is 31.4 Å². The zero-order chi connectivity index (χ0) is 16.5. The second-order valence-corrected chi connectivity index (χ2v) is 6.69. The summed E-state index contributed by atoms with van der Waals surface area (Å²) >= 11 is 0. The van der Waals surface area contributed by atoms with Crippen molar-refractivity contribution >= 4 is 5.91 Å². The summed E-state index contributed by atoms with van der Waals surface area (Å²) in [5.74, 6) is 2.07. The molecule has 2 aliphatic rings. The van der Waals surface area contributed by atoms with E-state index in [9.17, 15) is 9.90 Å². The molecule has 5 heteroatoms. The lowest BCUT2D eigenvalue weighted by Crippen LogP contribution is -2.42. The Morgan fingerprint density at radius 1 is 1.04 bits per heavy atom. The molecule has 2 aromatic rings. The van der Waals surface area contributed by atoms with Crippen molar-refractivity contribution < 1.29 is 14.6 Å². The van der Waals surface area contributed by atoms with Crippen LogP contribution in [-0.4, -0.2) is 28.1 Å². The van der Waals surface area contributed by atoms with E-state index in [1.54, 1.807) is 48.8 Å². The first-order valence-corrected chi connectivity index (χ1v) is 8.36. The van der Waals surface area contributed by atoms with E-state index in [0.29, 0.717) is 23.0 Å². The third kappa shape index (κ3) is 2.99. The lowest BCUT2D eigenvalue weighted by molar-refractivity contribution is 0.0778. The lowest BCUT2D eigenvalue weighted by atomic mass is 9.92. The van der Waals surface area contributed by atoms with Crippen LogP contribution in [0.1, 0.15) is 29.6 Å². The number of ether oxygens (including phenoxy) is 1. The molecule has 0 spiro atoms. The molecule has 2 aliphatic carbocycles. The van der Waals surface area contributed by atoms with Gasteiger partial charge >= 0.3 is 0 Å². The number of amides is 1. The fraction of sp³-hybridized carbons (Fsp3) is 0.368.